The monoisotopic (exact) mass is 353 g/mol. The Kier molecular flexibility index (Phi) is 5.41. The van der Waals surface area contributed by atoms with Crippen molar-refractivity contribution < 1.29 is 14.3 Å². The number of nitrogens with one attached hydrogen (secondary N) is 2. The Morgan fingerprint density at radius 2 is 1.96 bits per heavy atom. The van der Waals surface area contributed by atoms with E-state index >= 15 is 0 Å². The fraction of sp³-hybridized carbons (Fsp3) is 0.300. The van der Waals surface area contributed by atoms with Crippen molar-refractivity contribution in [1.82, 2.24) is 5.32 Å². The Hall–Kier alpha value is -3.02. The molecule has 0 unspecified atom stereocenters. The number of anilines is 2. The number of aryl methyl sites for hydroxylation is 2. The summed E-state index contributed by atoms with van der Waals surface area (Å²) < 4.78 is 5.62. The minimum atomic E-state index is -0.212. The first kappa shape index (κ1) is 17.8. The first-order chi connectivity index (χ1) is 12.5. The van der Waals surface area contributed by atoms with Crippen LogP contribution in [-0.2, 0) is 9.59 Å². The Balaban J connectivity index is 1.54. The van der Waals surface area contributed by atoms with E-state index in [0.717, 1.165) is 29.1 Å². The molecule has 136 valence electrons. The summed E-state index contributed by atoms with van der Waals surface area (Å²) in [7, 11) is 0. The Bertz CT molecular complexity index is 802. The quantitative estimate of drug-likeness (QED) is 0.865. The number of hydrogen-bond acceptors (Lipinski definition) is 4. The van der Waals surface area contributed by atoms with Gasteiger partial charge in [-0.1, -0.05) is 12.1 Å². The highest BCUT2D eigenvalue weighted by atomic mass is 16.5. The largest absolute Gasteiger partial charge is 0.483 e. The zero-order valence-corrected chi connectivity index (χ0v) is 15.0. The summed E-state index contributed by atoms with van der Waals surface area (Å²) in [6.07, 6.45) is 0. The Morgan fingerprint density at radius 1 is 1.19 bits per heavy atom. The number of benzene rings is 2. The van der Waals surface area contributed by atoms with Crippen molar-refractivity contribution in [2.45, 2.75) is 13.8 Å². The molecule has 0 saturated carbocycles. The van der Waals surface area contributed by atoms with Crippen LogP contribution in [0.3, 0.4) is 0 Å². The minimum absolute atomic E-state index is 0.0252. The molecule has 2 N–H and O–H groups in total. The van der Waals surface area contributed by atoms with E-state index in [4.69, 9.17) is 4.74 Å². The molecule has 6 heteroatoms. The van der Waals surface area contributed by atoms with E-state index < -0.39 is 0 Å². The van der Waals surface area contributed by atoms with Gasteiger partial charge in [0.05, 0.1) is 6.54 Å². The molecular weight excluding hydrogens is 330 g/mol. The van der Waals surface area contributed by atoms with Crippen LogP contribution >= 0.6 is 0 Å². The molecule has 6 nitrogen and oxygen atoms in total. The van der Waals surface area contributed by atoms with Gasteiger partial charge in [0.25, 0.3) is 5.91 Å². The van der Waals surface area contributed by atoms with Gasteiger partial charge in [0, 0.05) is 24.5 Å². The van der Waals surface area contributed by atoms with Crippen LogP contribution in [0.5, 0.6) is 5.75 Å². The molecule has 1 heterocycles. The third-order valence-electron chi connectivity index (χ3n) is 4.26. The lowest BCUT2D eigenvalue weighted by Gasteiger charge is -2.28. The molecule has 2 amide bonds. The summed E-state index contributed by atoms with van der Waals surface area (Å²) in [4.78, 5) is 25.6. The molecule has 26 heavy (non-hydrogen) atoms. The van der Waals surface area contributed by atoms with Crippen LogP contribution in [0.2, 0.25) is 0 Å². The third-order valence-corrected chi connectivity index (χ3v) is 4.26. The molecule has 1 saturated heterocycles. The van der Waals surface area contributed by atoms with E-state index in [0.29, 0.717) is 18.8 Å². The van der Waals surface area contributed by atoms with E-state index in [2.05, 4.69) is 10.6 Å². The van der Waals surface area contributed by atoms with Gasteiger partial charge < -0.3 is 20.3 Å². The topological polar surface area (TPSA) is 70.7 Å². The first-order valence-corrected chi connectivity index (χ1v) is 8.63. The van der Waals surface area contributed by atoms with Crippen molar-refractivity contribution in [2.75, 3.05) is 36.5 Å². The Labute approximate surface area is 153 Å². The summed E-state index contributed by atoms with van der Waals surface area (Å²) in [5, 5.41) is 5.63. The summed E-state index contributed by atoms with van der Waals surface area (Å²) in [5.41, 5.74) is 3.75. The molecule has 0 bridgehead atoms. The maximum atomic E-state index is 12.1. The fourth-order valence-electron chi connectivity index (χ4n) is 2.82. The zero-order chi connectivity index (χ0) is 18.5. The van der Waals surface area contributed by atoms with Crippen LogP contribution in [0.1, 0.15) is 11.1 Å². The minimum Gasteiger partial charge on any atom is -0.483 e. The second-order valence-corrected chi connectivity index (χ2v) is 6.42. The predicted molar refractivity (Wildman–Crippen MR) is 102 cm³/mol. The Morgan fingerprint density at radius 3 is 2.69 bits per heavy atom. The van der Waals surface area contributed by atoms with Crippen molar-refractivity contribution in [1.29, 1.82) is 0 Å². The van der Waals surface area contributed by atoms with Gasteiger partial charge in [-0.2, -0.15) is 0 Å². The van der Waals surface area contributed by atoms with Crippen molar-refractivity contribution in [3.63, 3.8) is 0 Å². The van der Waals surface area contributed by atoms with E-state index in [-0.39, 0.29) is 18.4 Å². The lowest BCUT2D eigenvalue weighted by Crippen LogP contribution is -2.47. The molecule has 0 spiro atoms. The molecular formula is C20H23N3O3. The normalized spacial score (nSPS) is 13.9. The molecule has 0 aromatic heterocycles. The van der Waals surface area contributed by atoms with Crippen molar-refractivity contribution in [2.24, 2.45) is 0 Å². The highest BCUT2D eigenvalue weighted by molar-refractivity contribution is 5.92. The van der Waals surface area contributed by atoms with Crippen LogP contribution in [-0.4, -0.2) is 38.1 Å². The summed E-state index contributed by atoms with van der Waals surface area (Å²) in [6.45, 7) is 5.67. The highest BCUT2D eigenvalue weighted by Crippen LogP contribution is 2.20. The molecule has 1 aliphatic rings. The first-order valence-electron chi connectivity index (χ1n) is 8.63. The number of ether oxygens (including phenoxy) is 1. The van der Waals surface area contributed by atoms with Gasteiger partial charge in [-0.3, -0.25) is 9.59 Å². The van der Waals surface area contributed by atoms with E-state index in [1.54, 1.807) is 0 Å². The van der Waals surface area contributed by atoms with E-state index in [9.17, 15) is 9.59 Å². The second kappa shape index (κ2) is 7.91. The number of piperazine rings is 1. The van der Waals surface area contributed by atoms with Gasteiger partial charge in [0.15, 0.2) is 6.61 Å². The van der Waals surface area contributed by atoms with Gasteiger partial charge >= 0.3 is 0 Å². The van der Waals surface area contributed by atoms with Crippen LogP contribution in [0.15, 0.2) is 42.5 Å². The molecule has 1 aliphatic heterocycles. The summed E-state index contributed by atoms with van der Waals surface area (Å²) in [6, 6.07) is 13.4. The van der Waals surface area contributed by atoms with Crippen LogP contribution in [0, 0.1) is 13.8 Å². The van der Waals surface area contributed by atoms with Crippen molar-refractivity contribution in [3.05, 3.63) is 53.6 Å². The van der Waals surface area contributed by atoms with Crippen molar-refractivity contribution in [3.8, 4) is 5.75 Å². The zero-order valence-electron chi connectivity index (χ0n) is 15.0. The van der Waals surface area contributed by atoms with Gasteiger partial charge in [-0.05, 0) is 55.3 Å². The number of rotatable bonds is 5. The van der Waals surface area contributed by atoms with E-state index in [1.807, 2.05) is 61.2 Å². The molecule has 0 radical (unpaired) electrons. The molecule has 3 rings (SSSR count). The van der Waals surface area contributed by atoms with Crippen LogP contribution in [0.25, 0.3) is 0 Å². The summed E-state index contributed by atoms with van der Waals surface area (Å²) in [5.74, 6) is 0.534. The van der Waals surface area contributed by atoms with E-state index in [1.165, 1.54) is 0 Å². The highest BCUT2D eigenvalue weighted by Gasteiger charge is 2.16. The number of amides is 2. The molecule has 0 aliphatic carbocycles. The maximum absolute atomic E-state index is 12.1. The summed E-state index contributed by atoms with van der Waals surface area (Å²) >= 11 is 0. The standard InChI is InChI=1S/C20H23N3O3/c1-14-3-4-15(2)18(11-14)26-13-20(25)22-16-5-7-17(8-6-16)23-10-9-21-19(24)12-23/h3-8,11H,9-10,12-13H2,1-2H3,(H,21,24)(H,22,25). The number of carbonyl (C=O) groups excluding carboxylic acids is 2. The fourth-order valence-corrected chi connectivity index (χ4v) is 2.82. The predicted octanol–water partition coefficient (Wildman–Crippen LogP) is 2.26. The molecule has 1 fully saturated rings. The lowest BCUT2D eigenvalue weighted by molar-refractivity contribution is -0.120. The van der Waals surface area contributed by atoms with Gasteiger partial charge in [0.1, 0.15) is 5.75 Å². The average molecular weight is 353 g/mol. The van der Waals surface area contributed by atoms with Gasteiger partial charge in [-0.15, -0.1) is 0 Å². The number of nitrogens with zero attached hydrogens (tertiary/aromatic N) is 1. The average Bonchev–Trinajstić information content (AvgIpc) is 2.63. The van der Waals surface area contributed by atoms with Crippen LogP contribution < -0.4 is 20.3 Å². The molecule has 0 atom stereocenters. The smallest absolute Gasteiger partial charge is 0.262 e. The molecule has 2 aromatic rings. The maximum Gasteiger partial charge on any atom is 0.262 e. The molecule has 2 aromatic carbocycles. The van der Waals surface area contributed by atoms with Crippen molar-refractivity contribution >= 4 is 23.2 Å². The van der Waals surface area contributed by atoms with Gasteiger partial charge in [0.2, 0.25) is 5.91 Å². The second-order valence-electron chi connectivity index (χ2n) is 6.42. The number of carbonyl (C=O) groups is 2. The third kappa shape index (κ3) is 4.53. The SMILES string of the molecule is Cc1ccc(C)c(OCC(=O)Nc2ccc(N3CCNC(=O)C3)cc2)c1. The number of hydrogen-bond donors (Lipinski definition) is 2. The van der Waals surface area contributed by atoms with Gasteiger partial charge in [-0.25, -0.2) is 0 Å². The lowest BCUT2D eigenvalue weighted by atomic mass is 10.1. The van der Waals surface area contributed by atoms with Crippen LogP contribution in [0.4, 0.5) is 11.4 Å².